The molecule has 0 aliphatic carbocycles. The van der Waals surface area contributed by atoms with Crippen LogP contribution in [-0.2, 0) is 15.5 Å². The molecule has 47 heavy (non-hydrogen) atoms. The molecule has 0 radical (unpaired) electrons. The number of benzene rings is 3. The minimum absolute atomic E-state index is 0.238. The lowest BCUT2D eigenvalue weighted by Crippen LogP contribution is -2.29. The second-order valence-electron chi connectivity index (χ2n) is 10.6. The molecular formula is C33H39N8O5P. The largest absolute Gasteiger partial charge is 0.494 e. The van der Waals surface area contributed by atoms with Gasteiger partial charge in [0, 0.05) is 36.6 Å². The number of para-hydroxylation sites is 1. The maximum absolute atomic E-state index is 12.3. The minimum atomic E-state index is -2.88. The lowest BCUT2D eigenvalue weighted by atomic mass is 10.1. The number of amides is 2. The van der Waals surface area contributed by atoms with Crippen LogP contribution < -0.4 is 20.7 Å². The van der Waals surface area contributed by atoms with Crippen LogP contribution in [0, 0.1) is 0 Å². The summed E-state index contributed by atoms with van der Waals surface area (Å²) < 4.78 is 21.4. The molecular weight excluding hydrogens is 619 g/mol. The average Bonchev–Trinajstić information content (AvgIpc) is 3.53. The monoisotopic (exact) mass is 658 g/mol. The van der Waals surface area contributed by atoms with E-state index in [1.54, 1.807) is 0 Å². The molecule has 2 heterocycles. The van der Waals surface area contributed by atoms with E-state index in [4.69, 9.17) is 19.1 Å². The Morgan fingerprint density at radius 2 is 1.68 bits per heavy atom. The number of hydrogen-bond donors (Lipinski definition) is 5. The Morgan fingerprint density at radius 1 is 0.936 bits per heavy atom. The molecule has 0 fully saturated rings. The summed E-state index contributed by atoms with van der Waals surface area (Å²) in [5, 5.41) is 9.02. The molecule has 3 aromatic carbocycles. The Kier molecular flexibility index (Phi) is 12.3. The van der Waals surface area contributed by atoms with Crippen LogP contribution in [0.2, 0.25) is 0 Å². The third-order valence-electron chi connectivity index (χ3n) is 7.33. The SMILES string of the molecule is CCN(CCCOc1ccc(-c2nc3c(NCCc4ccc(NC(=O)Nc5ccccc5)cc4)ncnc3[nH]2)cc1)CCO[PH](=O)O. The number of nitrogens with one attached hydrogen (secondary N) is 4. The number of carbonyl (C=O) groups excluding carboxylic acids is 1. The first-order chi connectivity index (χ1) is 23.0. The Labute approximate surface area is 273 Å². The smallest absolute Gasteiger partial charge is 0.323 e. The Hall–Kier alpha value is -4.81. The van der Waals surface area contributed by atoms with E-state index in [1.165, 1.54) is 6.33 Å². The molecule has 0 spiro atoms. The van der Waals surface area contributed by atoms with Gasteiger partial charge < -0.3 is 40.0 Å². The molecule has 1 unspecified atom stereocenters. The van der Waals surface area contributed by atoms with Gasteiger partial charge >= 0.3 is 14.3 Å². The maximum Gasteiger partial charge on any atom is 0.323 e. The van der Waals surface area contributed by atoms with Crippen molar-refractivity contribution in [3.8, 4) is 17.1 Å². The van der Waals surface area contributed by atoms with Crippen molar-refractivity contribution >= 4 is 42.6 Å². The predicted octanol–water partition coefficient (Wildman–Crippen LogP) is 5.81. The fourth-order valence-corrected chi connectivity index (χ4v) is 5.13. The Balaban J connectivity index is 1.08. The molecule has 5 N–H and O–H groups in total. The fourth-order valence-electron chi connectivity index (χ4n) is 4.87. The van der Waals surface area contributed by atoms with Crippen LogP contribution in [0.1, 0.15) is 18.9 Å². The molecule has 5 rings (SSSR count). The molecule has 13 nitrogen and oxygen atoms in total. The van der Waals surface area contributed by atoms with E-state index >= 15 is 0 Å². The molecule has 1 atom stereocenters. The van der Waals surface area contributed by atoms with Crippen molar-refractivity contribution in [3.63, 3.8) is 0 Å². The summed E-state index contributed by atoms with van der Waals surface area (Å²) in [6, 6.07) is 24.4. The first kappa shape index (κ1) is 33.6. The fraction of sp³-hybridized carbons (Fsp3) is 0.273. The first-order valence-corrected chi connectivity index (χ1v) is 16.7. The number of aromatic nitrogens is 4. The third-order valence-corrected chi connectivity index (χ3v) is 7.78. The summed E-state index contributed by atoms with van der Waals surface area (Å²) in [5.41, 5.74) is 4.73. The molecule has 14 heteroatoms. The number of nitrogens with zero attached hydrogens (tertiary/aromatic N) is 4. The van der Waals surface area contributed by atoms with Crippen molar-refractivity contribution in [2.45, 2.75) is 19.8 Å². The number of aromatic amines is 1. The van der Waals surface area contributed by atoms with Crippen LogP contribution in [0.5, 0.6) is 5.75 Å². The number of likely N-dealkylation sites (N-methyl/N-ethyl adjacent to an activating group) is 1. The van der Waals surface area contributed by atoms with Crippen LogP contribution in [0.25, 0.3) is 22.6 Å². The number of imidazole rings is 1. The second kappa shape index (κ2) is 17.2. The third kappa shape index (κ3) is 10.3. The van der Waals surface area contributed by atoms with Crippen molar-refractivity contribution in [1.82, 2.24) is 24.8 Å². The highest BCUT2D eigenvalue weighted by Crippen LogP contribution is 2.25. The van der Waals surface area contributed by atoms with Gasteiger partial charge in [-0.05, 0) is 73.5 Å². The Bertz CT molecular complexity index is 1740. The topological polar surface area (TPSA) is 167 Å². The van der Waals surface area contributed by atoms with E-state index in [0.29, 0.717) is 48.2 Å². The number of H-pyrrole nitrogens is 1. The van der Waals surface area contributed by atoms with Gasteiger partial charge in [0.1, 0.15) is 17.9 Å². The zero-order valence-electron chi connectivity index (χ0n) is 26.1. The number of fused-ring (bicyclic) bond motifs is 1. The standard InChI is InChI=1S/C33H39N8O5P/c1-2-41(20-22-46-47(43)44)19-6-21-45-28-15-11-25(12-16-28)30-39-29-31(35-23-36-32(29)40-30)34-18-17-24-9-13-27(14-10-24)38-33(42)37-26-7-4-3-5-8-26/h3-5,7-16,23,47H,2,6,17-22H2,1H3,(H,43,44)(H2,37,38,42)(H2,34,35,36,39,40). The van der Waals surface area contributed by atoms with Gasteiger partial charge in [-0.25, -0.2) is 19.7 Å². The van der Waals surface area contributed by atoms with E-state index in [0.717, 1.165) is 48.5 Å². The van der Waals surface area contributed by atoms with Crippen molar-refractivity contribution in [2.75, 3.05) is 55.3 Å². The number of rotatable bonds is 17. The van der Waals surface area contributed by atoms with E-state index in [1.807, 2.05) is 85.8 Å². The molecule has 0 aliphatic heterocycles. The van der Waals surface area contributed by atoms with Gasteiger partial charge in [0.25, 0.3) is 0 Å². The van der Waals surface area contributed by atoms with Crippen LogP contribution in [0.15, 0.2) is 85.2 Å². The summed E-state index contributed by atoms with van der Waals surface area (Å²) in [7, 11) is -2.88. The molecule has 0 saturated carbocycles. The highest BCUT2D eigenvalue weighted by molar-refractivity contribution is 7.32. The highest BCUT2D eigenvalue weighted by Gasteiger charge is 2.12. The van der Waals surface area contributed by atoms with E-state index in [-0.39, 0.29) is 12.6 Å². The van der Waals surface area contributed by atoms with Crippen LogP contribution in [-0.4, -0.2) is 75.2 Å². The lowest BCUT2D eigenvalue weighted by molar-refractivity contribution is 0.194. The highest BCUT2D eigenvalue weighted by atomic mass is 31.1. The molecule has 2 amide bonds. The number of anilines is 3. The number of ether oxygens (including phenoxy) is 1. The van der Waals surface area contributed by atoms with Crippen molar-refractivity contribution in [2.24, 2.45) is 0 Å². The van der Waals surface area contributed by atoms with Gasteiger partial charge in [-0.1, -0.05) is 37.3 Å². The van der Waals surface area contributed by atoms with Gasteiger partial charge in [-0.2, -0.15) is 0 Å². The zero-order valence-corrected chi connectivity index (χ0v) is 27.1. The van der Waals surface area contributed by atoms with Gasteiger partial charge in [-0.15, -0.1) is 0 Å². The second-order valence-corrected chi connectivity index (χ2v) is 11.4. The van der Waals surface area contributed by atoms with Crippen molar-refractivity contribution in [1.29, 1.82) is 0 Å². The molecule has 0 bridgehead atoms. The van der Waals surface area contributed by atoms with Crippen LogP contribution in [0.3, 0.4) is 0 Å². The van der Waals surface area contributed by atoms with Crippen LogP contribution >= 0.6 is 8.25 Å². The molecule has 2 aromatic heterocycles. The molecule has 0 aliphatic rings. The summed E-state index contributed by atoms with van der Waals surface area (Å²) in [6.07, 6.45) is 3.07. The normalized spacial score (nSPS) is 11.8. The van der Waals surface area contributed by atoms with E-state index in [2.05, 4.69) is 35.8 Å². The van der Waals surface area contributed by atoms with Gasteiger partial charge in [0.05, 0.1) is 13.2 Å². The van der Waals surface area contributed by atoms with Crippen LogP contribution in [0.4, 0.5) is 22.0 Å². The summed E-state index contributed by atoms with van der Waals surface area (Å²) in [6.45, 7) is 5.70. The number of carbonyl (C=O) groups is 1. The summed E-state index contributed by atoms with van der Waals surface area (Å²) in [4.78, 5) is 40.0. The predicted molar refractivity (Wildman–Crippen MR) is 184 cm³/mol. The summed E-state index contributed by atoms with van der Waals surface area (Å²) in [5.74, 6) is 2.09. The maximum atomic E-state index is 12.3. The lowest BCUT2D eigenvalue weighted by Gasteiger charge is -2.19. The van der Waals surface area contributed by atoms with Gasteiger partial charge in [0.15, 0.2) is 17.0 Å². The van der Waals surface area contributed by atoms with Gasteiger partial charge in [0.2, 0.25) is 0 Å². The van der Waals surface area contributed by atoms with E-state index < -0.39 is 8.25 Å². The minimum Gasteiger partial charge on any atom is -0.494 e. The summed E-state index contributed by atoms with van der Waals surface area (Å²) >= 11 is 0. The van der Waals surface area contributed by atoms with Crippen molar-refractivity contribution < 1.29 is 23.5 Å². The van der Waals surface area contributed by atoms with Crippen molar-refractivity contribution in [3.05, 3.63) is 90.8 Å². The van der Waals surface area contributed by atoms with E-state index in [9.17, 15) is 9.36 Å². The quantitative estimate of drug-likeness (QED) is 0.0608. The number of urea groups is 1. The molecule has 246 valence electrons. The number of hydrogen-bond acceptors (Lipinski definition) is 9. The van der Waals surface area contributed by atoms with Gasteiger partial charge in [-0.3, -0.25) is 4.57 Å². The first-order valence-electron chi connectivity index (χ1n) is 15.4. The molecule has 0 saturated heterocycles. The molecule has 5 aromatic rings. The average molecular weight is 659 g/mol. The zero-order chi connectivity index (χ0) is 32.8. The Morgan fingerprint density at radius 3 is 2.40 bits per heavy atom.